The van der Waals surface area contributed by atoms with E-state index < -0.39 is 10.0 Å². The standard InChI is InChI=1S/C16H28N2O3S/c1-11(2)10-13-14(16(13,3)4)15(19)18-8-6-12(7-9-18)17-22(5,20)21/h10,12-14,17H,6-9H2,1-5H3/t13-,14-/m0/s1. The first-order valence-corrected chi connectivity index (χ1v) is 9.82. The molecule has 1 amide bonds. The molecule has 6 heteroatoms. The van der Waals surface area contributed by atoms with E-state index in [1.54, 1.807) is 0 Å². The number of hydrogen-bond acceptors (Lipinski definition) is 3. The van der Waals surface area contributed by atoms with Crippen molar-refractivity contribution < 1.29 is 13.2 Å². The van der Waals surface area contributed by atoms with Crippen LogP contribution in [0.4, 0.5) is 0 Å². The van der Waals surface area contributed by atoms with E-state index in [-0.39, 0.29) is 23.3 Å². The number of carbonyl (C=O) groups is 1. The Labute approximate surface area is 134 Å². The second-order valence-electron chi connectivity index (χ2n) is 7.56. The van der Waals surface area contributed by atoms with Crippen molar-refractivity contribution in [2.45, 2.75) is 46.6 Å². The molecule has 0 aromatic carbocycles. The summed E-state index contributed by atoms with van der Waals surface area (Å²) in [6.45, 7) is 9.71. The Morgan fingerprint density at radius 3 is 2.23 bits per heavy atom. The van der Waals surface area contributed by atoms with Gasteiger partial charge < -0.3 is 4.90 Å². The van der Waals surface area contributed by atoms with E-state index in [0.717, 1.165) is 0 Å². The molecule has 1 saturated heterocycles. The van der Waals surface area contributed by atoms with Crippen LogP contribution in [0.3, 0.4) is 0 Å². The number of rotatable bonds is 4. The van der Waals surface area contributed by atoms with Crippen LogP contribution in [-0.2, 0) is 14.8 Å². The predicted octanol–water partition coefficient (Wildman–Crippen LogP) is 1.76. The molecule has 5 nitrogen and oxygen atoms in total. The van der Waals surface area contributed by atoms with E-state index >= 15 is 0 Å². The third-order valence-corrected chi connectivity index (χ3v) is 5.64. The molecule has 1 N–H and O–H groups in total. The highest BCUT2D eigenvalue weighted by atomic mass is 32.2. The Morgan fingerprint density at radius 1 is 1.23 bits per heavy atom. The number of nitrogens with one attached hydrogen (secondary N) is 1. The minimum Gasteiger partial charge on any atom is -0.342 e. The number of sulfonamides is 1. The average Bonchev–Trinajstić information content (AvgIpc) is 2.88. The quantitative estimate of drug-likeness (QED) is 0.800. The van der Waals surface area contributed by atoms with Gasteiger partial charge in [0.25, 0.3) is 0 Å². The Bertz CT molecular complexity index is 568. The van der Waals surface area contributed by atoms with E-state index in [9.17, 15) is 13.2 Å². The smallest absolute Gasteiger partial charge is 0.226 e. The monoisotopic (exact) mass is 328 g/mol. The lowest BCUT2D eigenvalue weighted by atomic mass is 10.0. The number of amides is 1. The number of allylic oxidation sites excluding steroid dienone is 2. The predicted molar refractivity (Wildman–Crippen MR) is 87.8 cm³/mol. The third kappa shape index (κ3) is 3.90. The number of piperidine rings is 1. The fourth-order valence-corrected chi connectivity index (χ4v) is 4.38. The second kappa shape index (κ2) is 5.96. The van der Waals surface area contributed by atoms with Gasteiger partial charge in [-0.1, -0.05) is 25.5 Å². The Balaban J connectivity index is 1.92. The molecule has 22 heavy (non-hydrogen) atoms. The van der Waals surface area contributed by atoms with Gasteiger partial charge in [0, 0.05) is 19.1 Å². The van der Waals surface area contributed by atoms with Gasteiger partial charge in [0.1, 0.15) is 0 Å². The zero-order valence-electron chi connectivity index (χ0n) is 14.2. The highest BCUT2D eigenvalue weighted by molar-refractivity contribution is 7.88. The minimum absolute atomic E-state index is 0.0379. The summed E-state index contributed by atoms with van der Waals surface area (Å²) in [7, 11) is -3.17. The molecule has 2 atom stereocenters. The molecule has 126 valence electrons. The van der Waals surface area contributed by atoms with Crippen molar-refractivity contribution in [3.8, 4) is 0 Å². The van der Waals surface area contributed by atoms with Crippen LogP contribution in [0, 0.1) is 17.3 Å². The Morgan fingerprint density at radius 2 is 1.77 bits per heavy atom. The minimum atomic E-state index is -3.17. The molecule has 0 bridgehead atoms. The highest BCUT2D eigenvalue weighted by Gasteiger charge is 2.61. The topological polar surface area (TPSA) is 66.5 Å². The molecular weight excluding hydrogens is 300 g/mol. The molecule has 1 aliphatic carbocycles. The zero-order chi connectivity index (χ0) is 16.7. The largest absolute Gasteiger partial charge is 0.342 e. The van der Waals surface area contributed by atoms with Crippen LogP contribution in [0.15, 0.2) is 11.6 Å². The lowest BCUT2D eigenvalue weighted by Crippen LogP contribution is -2.47. The summed E-state index contributed by atoms with van der Waals surface area (Å²) < 4.78 is 25.2. The molecule has 0 spiro atoms. The van der Waals surface area contributed by atoms with Crippen molar-refractivity contribution in [2.75, 3.05) is 19.3 Å². The van der Waals surface area contributed by atoms with Crippen LogP contribution in [0.1, 0.15) is 40.5 Å². The zero-order valence-corrected chi connectivity index (χ0v) is 15.0. The van der Waals surface area contributed by atoms with Crippen LogP contribution >= 0.6 is 0 Å². The summed E-state index contributed by atoms with van der Waals surface area (Å²) >= 11 is 0. The first kappa shape index (κ1) is 17.5. The van der Waals surface area contributed by atoms with Crippen molar-refractivity contribution in [1.82, 2.24) is 9.62 Å². The van der Waals surface area contributed by atoms with E-state index in [1.165, 1.54) is 11.8 Å². The molecule has 2 fully saturated rings. The van der Waals surface area contributed by atoms with E-state index in [2.05, 4.69) is 38.5 Å². The van der Waals surface area contributed by atoms with Crippen LogP contribution in [0.2, 0.25) is 0 Å². The summed E-state index contributed by atoms with van der Waals surface area (Å²) in [6, 6.07) is -0.0418. The third-order valence-electron chi connectivity index (χ3n) is 4.88. The van der Waals surface area contributed by atoms with Crippen molar-refractivity contribution in [3.05, 3.63) is 11.6 Å². The van der Waals surface area contributed by atoms with Crippen LogP contribution in [-0.4, -0.2) is 44.6 Å². The van der Waals surface area contributed by atoms with E-state index in [1.807, 2.05) is 4.90 Å². The number of hydrogen-bond donors (Lipinski definition) is 1. The summed E-state index contributed by atoms with van der Waals surface area (Å²) in [6.07, 6.45) is 4.78. The first-order valence-electron chi connectivity index (χ1n) is 7.93. The molecule has 1 aliphatic heterocycles. The van der Waals surface area contributed by atoms with Crippen molar-refractivity contribution in [2.24, 2.45) is 17.3 Å². The first-order chi connectivity index (χ1) is 10.0. The van der Waals surface area contributed by atoms with Gasteiger partial charge in [-0.2, -0.15) is 0 Å². The van der Waals surface area contributed by atoms with Gasteiger partial charge in [-0.15, -0.1) is 0 Å². The molecule has 0 aromatic rings. The Hall–Kier alpha value is -0.880. The lowest BCUT2D eigenvalue weighted by Gasteiger charge is -2.32. The highest BCUT2D eigenvalue weighted by Crippen LogP contribution is 2.60. The Kier molecular flexibility index (Phi) is 4.74. The SMILES string of the molecule is CC(C)=C[C@H]1[C@@H](C(=O)N2CCC(NS(C)(=O)=O)CC2)C1(C)C. The van der Waals surface area contributed by atoms with Crippen LogP contribution in [0.5, 0.6) is 0 Å². The van der Waals surface area contributed by atoms with Crippen molar-refractivity contribution >= 4 is 15.9 Å². The fourth-order valence-electron chi connectivity index (χ4n) is 3.54. The van der Waals surface area contributed by atoms with Gasteiger partial charge in [0.15, 0.2) is 0 Å². The average molecular weight is 328 g/mol. The van der Waals surface area contributed by atoms with Gasteiger partial charge >= 0.3 is 0 Å². The second-order valence-corrected chi connectivity index (χ2v) is 9.34. The molecule has 1 heterocycles. The normalized spacial score (nSPS) is 28.3. The molecule has 2 rings (SSSR count). The van der Waals surface area contributed by atoms with Gasteiger partial charge in [-0.3, -0.25) is 4.79 Å². The lowest BCUT2D eigenvalue weighted by molar-refractivity contribution is -0.134. The van der Waals surface area contributed by atoms with Gasteiger partial charge in [0.2, 0.25) is 15.9 Å². The van der Waals surface area contributed by atoms with Gasteiger partial charge in [0.05, 0.1) is 12.2 Å². The number of likely N-dealkylation sites (tertiary alicyclic amines) is 1. The van der Waals surface area contributed by atoms with Gasteiger partial charge in [-0.25, -0.2) is 13.1 Å². The van der Waals surface area contributed by atoms with Crippen LogP contribution in [0.25, 0.3) is 0 Å². The maximum absolute atomic E-state index is 12.7. The van der Waals surface area contributed by atoms with Gasteiger partial charge in [-0.05, 0) is 38.0 Å². The summed E-state index contributed by atoms with van der Waals surface area (Å²) in [5.74, 6) is 0.629. The fraction of sp³-hybridized carbons (Fsp3) is 0.812. The van der Waals surface area contributed by atoms with Crippen LogP contribution < -0.4 is 4.72 Å². The van der Waals surface area contributed by atoms with Crippen molar-refractivity contribution in [1.29, 1.82) is 0 Å². The van der Waals surface area contributed by atoms with Crippen molar-refractivity contribution in [3.63, 3.8) is 0 Å². The van der Waals surface area contributed by atoms with E-state index in [4.69, 9.17) is 0 Å². The molecule has 0 radical (unpaired) electrons. The molecular formula is C16H28N2O3S. The maximum Gasteiger partial charge on any atom is 0.226 e. The number of carbonyl (C=O) groups excluding carboxylic acids is 1. The molecule has 1 saturated carbocycles. The molecule has 2 aliphatic rings. The molecule has 0 unspecified atom stereocenters. The summed E-state index contributed by atoms with van der Waals surface area (Å²) in [4.78, 5) is 14.6. The molecule has 0 aromatic heterocycles. The van der Waals surface area contributed by atoms with E-state index in [0.29, 0.717) is 31.8 Å². The number of nitrogens with zero attached hydrogens (tertiary/aromatic N) is 1. The summed E-state index contributed by atoms with van der Waals surface area (Å²) in [5, 5.41) is 0. The maximum atomic E-state index is 12.7. The summed E-state index contributed by atoms with van der Waals surface area (Å²) in [5.41, 5.74) is 1.29.